The van der Waals surface area contributed by atoms with Crippen molar-refractivity contribution in [3.8, 4) is 5.75 Å². The maximum absolute atomic E-state index is 13.3. The predicted octanol–water partition coefficient (Wildman–Crippen LogP) is 3.08. The summed E-state index contributed by atoms with van der Waals surface area (Å²) in [6.45, 7) is 4.27. The quantitative estimate of drug-likeness (QED) is 0.570. The van der Waals surface area contributed by atoms with Crippen molar-refractivity contribution in [1.29, 1.82) is 0 Å². The fourth-order valence-corrected chi connectivity index (χ4v) is 4.66. The number of amides is 4. The molecule has 176 valence electrons. The van der Waals surface area contributed by atoms with Gasteiger partial charge in [0.25, 0.3) is 23.6 Å². The van der Waals surface area contributed by atoms with Gasteiger partial charge in [-0.15, -0.1) is 0 Å². The van der Waals surface area contributed by atoms with Crippen LogP contribution in [0.2, 0.25) is 0 Å². The van der Waals surface area contributed by atoms with Gasteiger partial charge in [0.15, 0.2) is 0 Å². The van der Waals surface area contributed by atoms with Crippen molar-refractivity contribution in [1.82, 2.24) is 9.99 Å². The van der Waals surface area contributed by atoms with Crippen LogP contribution in [0, 0.1) is 0 Å². The molecule has 2 aromatic carbocycles. The monoisotopic (exact) mass is 477 g/mol. The molecule has 8 nitrogen and oxygen atoms in total. The number of ether oxygens (including phenoxy) is 1. The average Bonchev–Trinajstić information content (AvgIpc) is 3.49. The van der Waals surface area contributed by atoms with Crippen molar-refractivity contribution in [2.24, 2.45) is 0 Å². The molecular formula is C28H19N3O5. The van der Waals surface area contributed by atoms with Gasteiger partial charge in [-0.05, 0) is 35.8 Å². The maximum Gasteiger partial charge on any atom is 0.281 e. The molecular weight excluding hydrogens is 458 g/mol. The first-order valence-corrected chi connectivity index (χ1v) is 11.3. The fraction of sp³-hybridized carbons (Fsp3) is 0.0714. The molecule has 36 heavy (non-hydrogen) atoms. The summed E-state index contributed by atoms with van der Waals surface area (Å²) in [6, 6.07) is 14.8. The molecule has 1 aromatic heterocycles. The van der Waals surface area contributed by atoms with Gasteiger partial charge in [0.05, 0.1) is 22.2 Å². The van der Waals surface area contributed by atoms with E-state index in [4.69, 9.17) is 4.74 Å². The number of carbonyl (C=O) groups is 4. The normalized spacial score (nSPS) is 17.3. The highest BCUT2D eigenvalue weighted by atomic mass is 16.5. The van der Waals surface area contributed by atoms with E-state index in [1.807, 2.05) is 30.3 Å². The molecule has 4 amide bonds. The highest BCUT2D eigenvalue weighted by molar-refractivity contribution is 6.36. The maximum atomic E-state index is 13.3. The summed E-state index contributed by atoms with van der Waals surface area (Å²) in [5.74, 6) is -1.52. The first-order chi connectivity index (χ1) is 17.4. The van der Waals surface area contributed by atoms with E-state index in [1.54, 1.807) is 30.4 Å². The van der Waals surface area contributed by atoms with Crippen LogP contribution in [0.25, 0.3) is 16.5 Å². The number of hydrogen-bond acceptors (Lipinski definition) is 5. The second-order valence-corrected chi connectivity index (χ2v) is 8.64. The number of nitrogens with one attached hydrogen (secondary N) is 1. The molecule has 0 atom stereocenters. The zero-order chi connectivity index (χ0) is 25.0. The van der Waals surface area contributed by atoms with Gasteiger partial charge in [0.1, 0.15) is 12.4 Å². The van der Waals surface area contributed by atoms with Crippen LogP contribution in [-0.2, 0) is 25.8 Å². The lowest BCUT2D eigenvalue weighted by molar-refractivity contribution is -0.124. The molecule has 1 aliphatic carbocycles. The Balaban J connectivity index is 1.46. The van der Waals surface area contributed by atoms with E-state index < -0.39 is 23.6 Å². The summed E-state index contributed by atoms with van der Waals surface area (Å²) in [5, 5.41) is 3.84. The van der Waals surface area contributed by atoms with E-state index in [2.05, 4.69) is 11.9 Å². The number of rotatable bonds is 5. The number of aromatic nitrogens is 1. The topological polar surface area (TPSA) is 97.7 Å². The van der Waals surface area contributed by atoms with Crippen molar-refractivity contribution >= 4 is 40.1 Å². The number of carbonyl (C=O) groups excluding carboxylic acids is 4. The Morgan fingerprint density at radius 2 is 1.81 bits per heavy atom. The molecule has 2 aliphatic heterocycles. The van der Waals surface area contributed by atoms with Gasteiger partial charge >= 0.3 is 0 Å². The number of hydrogen-bond donors (Lipinski definition) is 1. The molecule has 0 saturated heterocycles. The molecule has 0 fully saturated rings. The molecule has 1 N–H and O–H groups in total. The standard InChI is InChI=1S/C28H19N3O5/c1-16-6-5-9-19-25(16)28(35)31(27(19)34)30-14-22(21-13-24(32)29-26(21)33)20-12-18(10-11-23(20)30)36-15-17-7-3-2-4-8-17/h2-5,7-14H,1,6,15H2,(H,29,32,33). The average molecular weight is 477 g/mol. The van der Waals surface area contributed by atoms with Crippen LogP contribution in [0.15, 0.2) is 96.3 Å². The second kappa shape index (κ2) is 8.06. The number of nitrogens with zero attached hydrogens (tertiary/aromatic N) is 2. The number of imide groups is 2. The van der Waals surface area contributed by atoms with Crippen LogP contribution < -0.4 is 15.1 Å². The lowest BCUT2D eigenvalue weighted by Gasteiger charge is -2.18. The predicted molar refractivity (Wildman–Crippen MR) is 132 cm³/mol. The van der Waals surface area contributed by atoms with Gasteiger partial charge in [-0.25, -0.2) is 4.68 Å². The lowest BCUT2D eigenvalue weighted by atomic mass is 9.95. The smallest absolute Gasteiger partial charge is 0.281 e. The number of fused-ring (bicyclic) bond motifs is 1. The second-order valence-electron chi connectivity index (χ2n) is 8.64. The molecule has 0 saturated carbocycles. The Morgan fingerprint density at radius 1 is 1.00 bits per heavy atom. The minimum absolute atomic E-state index is 0.144. The van der Waals surface area contributed by atoms with E-state index in [0.29, 0.717) is 46.4 Å². The Morgan fingerprint density at radius 3 is 2.53 bits per heavy atom. The number of allylic oxidation sites excluding steroid dienone is 1. The van der Waals surface area contributed by atoms with Gasteiger partial charge in [-0.3, -0.25) is 24.5 Å². The highest BCUT2D eigenvalue weighted by Gasteiger charge is 2.41. The van der Waals surface area contributed by atoms with E-state index in [-0.39, 0.29) is 11.1 Å². The third-order valence-electron chi connectivity index (χ3n) is 6.37. The van der Waals surface area contributed by atoms with Crippen LogP contribution in [-0.4, -0.2) is 28.3 Å². The third kappa shape index (κ3) is 3.31. The highest BCUT2D eigenvalue weighted by Crippen LogP contribution is 2.36. The SMILES string of the molecule is C=C1CC=CC2=C1C(=O)N(n1cc(C3=CC(=O)NC3=O)c3cc(OCc4ccccc4)ccc31)C2=O. The Bertz CT molecular complexity index is 1620. The molecule has 3 aromatic rings. The molecule has 0 unspecified atom stereocenters. The zero-order valence-corrected chi connectivity index (χ0v) is 19.0. The van der Waals surface area contributed by atoms with Gasteiger partial charge in [-0.1, -0.05) is 49.1 Å². The van der Waals surface area contributed by atoms with Crippen LogP contribution in [0.1, 0.15) is 17.5 Å². The van der Waals surface area contributed by atoms with Crippen LogP contribution in [0.3, 0.4) is 0 Å². The largest absolute Gasteiger partial charge is 0.489 e. The number of benzene rings is 2. The molecule has 3 aliphatic rings. The van der Waals surface area contributed by atoms with E-state index in [0.717, 1.165) is 10.6 Å². The molecule has 6 rings (SSSR count). The van der Waals surface area contributed by atoms with Gasteiger partial charge in [0, 0.05) is 23.2 Å². The summed E-state index contributed by atoms with van der Waals surface area (Å²) in [7, 11) is 0. The minimum atomic E-state index is -0.553. The Hall–Kier alpha value is -4.98. The summed E-state index contributed by atoms with van der Waals surface area (Å²) in [5.41, 5.74) is 3.18. The first-order valence-electron chi connectivity index (χ1n) is 11.3. The zero-order valence-electron chi connectivity index (χ0n) is 19.0. The molecule has 3 heterocycles. The van der Waals surface area contributed by atoms with Crippen molar-refractivity contribution < 1.29 is 23.9 Å². The third-order valence-corrected chi connectivity index (χ3v) is 6.37. The Labute approximate surface area is 205 Å². The lowest BCUT2D eigenvalue weighted by Crippen LogP contribution is -2.40. The van der Waals surface area contributed by atoms with Crippen molar-refractivity contribution in [2.45, 2.75) is 13.0 Å². The van der Waals surface area contributed by atoms with Crippen LogP contribution >= 0.6 is 0 Å². The molecule has 0 bridgehead atoms. The van der Waals surface area contributed by atoms with Gasteiger partial charge in [-0.2, -0.15) is 5.01 Å². The van der Waals surface area contributed by atoms with Crippen LogP contribution in [0.4, 0.5) is 0 Å². The molecule has 8 heteroatoms. The van der Waals surface area contributed by atoms with E-state index in [1.165, 1.54) is 16.9 Å². The van der Waals surface area contributed by atoms with Crippen molar-refractivity contribution in [2.75, 3.05) is 5.01 Å². The molecule has 0 spiro atoms. The van der Waals surface area contributed by atoms with Gasteiger partial charge < -0.3 is 4.74 Å². The van der Waals surface area contributed by atoms with Crippen molar-refractivity contribution in [3.63, 3.8) is 0 Å². The van der Waals surface area contributed by atoms with Crippen molar-refractivity contribution in [3.05, 3.63) is 107 Å². The molecule has 0 radical (unpaired) electrons. The van der Waals surface area contributed by atoms with E-state index in [9.17, 15) is 19.2 Å². The minimum Gasteiger partial charge on any atom is -0.489 e. The first kappa shape index (κ1) is 21.5. The Kier molecular flexibility index (Phi) is 4.82. The summed E-state index contributed by atoms with van der Waals surface area (Å²) >= 11 is 0. The van der Waals surface area contributed by atoms with E-state index >= 15 is 0 Å². The van der Waals surface area contributed by atoms with Gasteiger partial charge in [0.2, 0.25) is 0 Å². The van der Waals surface area contributed by atoms with Crippen LogP contribution in [0.5, 0.6) is 5.75 Å². The summed E-state index contributed by atoms with van der Waals surface area (Å²) in [4.78, 5) is 51.0. The summed E-state index contributed by atoms with van der Waals surface area (Å²) in [6.07, 6.45) is 6.65. The summed E-state index contributed by atoms with van der Waals surface area (Å²) < 4.78 is 7.38. The fourth-order valence-electron chi connectivity index (χ4n) is 4.66.